The van der Waals surface area contributed by atoms with Crippen LogP contribution in [-0.2, 0) is 34.8 Å². The fourth-order valence-corrected chi connectivity index (χ4v) is 29.3. The van der Waals surface area contributed by atoms with Gasteiger partial charge < -0.3 is 0 Å². The quantitative estimate of drug-likeness (QED) is 0.291. The Morgan fingerprint density at radius 3 is 1.11 bits per heavy atom. The van der Waals surface area contributed by atoms with Crippen LogP contribution in [0.2, 0.25) is 26.2 Å². The molecule has 2 fully saturated rings. The number of hydrogen-bond acceptors (Lipinski definition) is 2. The van der Waals surface area contributed by atoms with E-state index in [0.717, 1.165) is 23.9 Å². The van der Waals surface area contributed by atoms with E-state index in [1.165, 1.54) is 32.1 Å². The van der Waals surface area contributed by atoms with Crippen LogP contribution in [0.15, 0.2) is 41.2 Å². The molecule has 0 amide bonds. The Hall–Kier alpha value is 0.742. The van der Waals surface area contributed by atoms with E-state index in [2.05, 4.69) is 89.2 Å². The van der Waals surface area contributed by atoms with Crippen molar-refractivity contribution in [2.24, 2.45) is 11.8 Å². The molecule has 2 nitrogen and oxygen atoms in total. The summed E-state index contributed by atoms with van der Waals surface area (Å²) in [5.74, 6) is 1.48. The normalized spacial score (nSPS) is 25.2. The van der Waals surface area contributed by atoms with Crippen molar-refractivity contribution in [1.82, 2.24) is 7.60 Å². The molecule has 0 spiro atoms. The van der Waals surface area contributed by atoms with Crippen LogP contribution in [0.5, 0.6) is 0 Å². The van der Waals surface area contributed by atoms with E-state index in [-0.39, 0.29) is 0 Å². The number of nitrogens with one attached hydrogen (secondary N) is 2. The van der Waals surface area contributed by atoms with Gasteiger partial charge in [0.05, 0.1) is 0 Å². The number of hydrogen-bond donors (Lipinski definition) is 2. The second-order valence-corrected chi connectivity index (χ2v) is 37.8. The Morgan fingerprint density at radius 2 is 0.914 bits per heavy atom. The molecule has 0 aromatic heterocycles. The summed E-state index contributed by atoms with van der Waals surface area (Å²) in [5, 5.41) is 0. The average molecular weight is 583 g/mol. The van der Waals surface area contributed by atoms with Crippen molar-refractivity contribution in [3.63, 3.8) is 0 Å². The number of rotatable bonds is 8. The van der Waals surface area contributed by atoms with Crippen molar-refractivity contribution in [3.8, 4) is 0 Å². The fraction of sp³-hybridized carbons (Fsp3) is 0.724. The zero-order chi connectivity index (χ0) is 26.2. The standard InChI is InChI=1S/2C9H13.C4H8N.C3H6N.2C2H7Si.2Ti/c2*1-6-5-7(2)9(4)8(6)3;5-4-2-1-3-4;4-3-1-2-3;2*1-3-2;;/h2*6H,1-4H3;4-5H,1-3H2;3-4H,1-2H2;2*3H,1-2H3;;/q;;2*-1;;;2*+1. The van der Waals surface area contributed by atoms with Crippen LogP contribution in [-0.4, -0.2) is 25.4 Å². The third-order valence-electron chi connectivity index (χ3n) is 9.42. The first kappa shape index (κ1) is 30.3. The maximum absolute atomic E-state index is 4.14. The van der Waals surface area contributed by atoms with E-state index in [4.69, 9.17) is 0 Å². The summed E-state index contributed by atoms with van der Waals surface area (Å²) in [6.07, 6.45) is 7.19. The molecular formula is C29H54N2Si2Ti2. The Morgan fingerprint density at radius 1 is 0.571 bits per heavy atom. The first-order valence-corrected chi connectivity index (χ1v) is 28.7. The molecule has 6 heteroatoms. The second-order valence-electron chi connectivity index (χ2n) is 12.5. The molecule has 0 heterocycles. The summed E-state index contributed by atoms with van der Waals surface area (Å²) in [6, 6.07) is 1.78. The Labute approximate surface area is 232 Å². The van der Waals surface area contributed by atoms with Gasteiger partial charge in [-0.15, -0.1) is 0 Å². The summed E-state index contributed by atoms with van der Waals surface area (Å²) in [4.78, 5) is 0. The summed E-state index contributed by atoms with van der Waals surface area (Å²) in [5.41, 5.74) is 9.76. The first-order chi connectivity index (χ1) is 16.4. The second kappa shape index (κ2) is 12.7. The van der Waals surface area contributed by atoms with Crippen molar-refractivity contribution in [2.75, 3.05) is 0 Å². The van der Waals surface area contributed by atoms with Crippen LogP contribution in [0.3, 0.4) is 0 Å². The van der Waals surface area contributed by atoms with E-state index in [1.807, 2.05) is 7.76 Å². The predicted octanol–water partition coefficient (Wildman–Crippen LogP) is 7.42. The molecule has 2 unspecified atom stereocenters. The first-order valence-electron chi connectivity index (χ1n) is 14.4. The van der Waals surface area contributed by atoms with E-state index in [9.17, 15) is 0 Å². The summed E-state index contributed by atoms with van der Waals surface area (Å²) in [7, 11) is 0. The molecular weight excluding hydrogens is 528 g/mol. The van der Waals surface area contributed by atoms with Crippen molar-refractivity contribution >= 4 is 13.3 Å². The molecule has 2 saturated carbocycles. The monoisotopic (exact) mass is 582 g/mol. The fourth-order valence-electron chi connectivity index (χ4n) is 5.93. The minimum absolute atomic E-state index is 0.515. The van der Waals surface area contributed by atoms with Gasteiger partial charge in [0.2, 0.25) is 0 Å². The van der Waals surface area contributed by atoms with Gasteiger partial charge in [0.1, 0.15) is 0 Å². The molecule has 0 bridgehead atoms. The van der Waals surface area contributed by atoms with E-state index in [0.29, 0.717) is 0 Å². The van der Waals surface area contributed by atoms with Gasteiger partial charge in [-0.2, -0.15) is 0 Å². The SMILES string of the molecule is CC1=C(C)C(C)[C]([Ti]([NH]C2CC2)[SiH](C)C)=C1C.CC1=C(C)C(C)[C]([Ti]([NH]C2CCC2)[SiH](C)C)=C1C. The molecule has 2 atom stereocenters. The summed E-state index contributed by atoms with van der Waals surface area (Å²) in [6.45, 7) is 28.2. The van der Waals surface area contributed by atoms with Gasteiger partial charge in [-0.25, -0.2) is 0 Å². The molecule has 0 saturated heterocycles. The van der Waals surface area contributed by atoms with Gasteiger partial charge in [0.15, 0.2) is 0 Å². The average Bonchev–Trinajstić information content (AvgIpc) is 3.55. The van der Waals surface area contributed by atoms with Crippen LogP contribution in [0, 0.1) is 11.8 Å². The van der Waals surface area contributed by atoms with Crippen molar-refractivity contribution in [1.29, 1.82) is 0 Å². The van der Waals surface area contributed by atoms with Crippen molar-refractivity contribution in [2.45, 2.75) is 126 Å². The van der Waals surface area contributed by atoms with Crippen LogP contribution in [0.4, 0.5) is 0 Å². The summed E-state index contributed by atoms with van der Waals surface area (Å²) >= 11 is -2.29. The van der Waals surface area contributed by atoms with E-state index >= 15 is 0 Å². The van der Waals surface area contributed by atoms with E-state index < -0.39 is 48.1 Å². The van der Waals surface area contributed by atoms with E-state index in [1.54, 1.807) is 33.4 Å². The molecule has 0 radical (unpaired) electrons. The molecule has 0 aliphatic heterocycles. The Balaban J connectivity index is 0.000000196. The van der Waals surface area contributed by atoms with Gasteiger partial charge in [-0.3, -0.25) is 0 Å². The van der Waals surface area contributed by atoms with Crippen LogP contribution in [0.25, 0.3) is 0 Å². The zero-order valence-electron chi connectivity index (χ0n) is 25.0. The van der Waals surface area contributed by atoms with Crippen molar-refractivity contribution in [3.05, 3.63) is 41.2 Å². The molecule has 4 aliphatic rings. The van der Waals surface area contributed by atoms with Gasteiger partial charge in [-0.05, 0) is 0 Å². The molecule has 0 aromatic rings. The number of allylic oxidation sites excluding steroid dienone is 8. The van der Waals surface area contributed by atoms with Gasteiger partial charge >= 0.3 is 234 Å². The van der Waals surface area contributed by atoms with Crippen LogP contribution >= 0.6 is 0 Å². The third-order valence-corrected chi connectivity index (χ3v) is 33.1. The van der Waals surface area contributed by atoms with Gasteiger partial charge in [-0.1, -0.05) is 0 Å². The molecule has 0 aromatic carbocycles. The molecule has 196 valence electrons. The Bertz CT molecular complexity index is 923. The Kier molecular flexibility index (Phi) is 11.0. The van der Waals surface area contributed by atoms with Crippen LogP contribution in [0.1, 0.15) is 87.5 Å². The predicted molar refractivity (Wildman–Crippen MR) is 155 cm³/mol. The summed E-state index contributed by atoms with van der Waals surface area (Å²) < 4.78 is 12.0. The minimum atomic E-state index is -1.16. The maximum atomic E-state index is 4.14. The van der Waals surface area contributed by atoms with Crippen LogP contribution < -0.4 is 7.60 Å². The third kappa shape index (κ3) is 6.85. The topological polar surface area (TPSA) is 24.1 Å². The molecule has 2 N–H and O–H groups in total. The van der Waals surface area contributed by atoms with Crippen molar-refractivity contribution < 1.29 is 34.8 Å². The molecule has 4 aliphatic carbocycles. The molecule has 4 rings (SSSR count). The zero-order valence-corrected chi connectivity index (χ0v) is 30.4. The molecule has 35 heavy (non-hydrogen) atoms. The van der Waals surface area contributed by atoms with Gasteiger partial charge in [0.25, 0.3) is 0 Å². The van der Waals surface area contributed by atoms with Gasteiger partial charge in [0, 0.05) is 0 Å².